The van der Waals surface area contributed by atoms with Crippen molar-refractivity contribution in [3.8, 4) is 5.75 Å². The van der Waals surface area contributed by atoms with E-state index in [9.17, 15) is 4.79 Å². The highest BCUT2D eigenvalue weighted by atomic mass is 32.2. The first kappa shape index (κ1) is 12.9. The van der Waals surface area contributed by atoms with Gasteiger partial charge in [-0.3, -0.25) is 4.79 Å². The molecule has 0 aliphatic heterocycles. The molecule has 0 spiro atoms. The van der Waals surface area contributed by atoms with Crippen LogP contribution < -0.4 is 15.6 Å². The number of hydrogen-bond acceptors (Lipinski definition) is 5. The Labute approximate surface area is 99.0 Å². The molecule has 0 bridgehead atoms. The number of unbranched alkanes of at least 4 members (excludes halogenated alkanes) is 1. The normalized spacial score (nSPS) is 10.1. The quantitative estimate of drug-likeness (QED) is 0.707. The molecule has 5 nitrogen and oxygen atoms in total. The first-order chi connectivity index (χ1) is 7.79. The molecule has 1 aromatic heterocycles. The fourth-order valence-electron chi connectivity index (χ4n) is 1.28. The molecule has 90 valence electrons. The van der Waals surface area contributed by atoms with Crippen LogP contribution >= 0.6 is 11.8 Å². The second kappa shape index (κ2) is 7.16. The lowest BCUT2D eigenvalue weighted by Crippen LogP contribution is -2.14. The van der Waals surface area contributed by atoms with E-state index in [1.54, 1.807) is 0 Å². The van der Waals surface area contributed by atoms with E-state index in [1.165, 1.54) is 13.4 Å². The molecule has 2 N–H and O–H groups in total. The Kier molecular flexibility index (Phi) is 5.77. The van der Waals surface area contributed by atoms with Crippen LogP contribution in [0.2, 0.25) is 0 Å². The van der Waals surface area contributed by atoms with E-state index in [0.29, 0.717) is 5.82 Å². The molecule has 0 atom stereocenters. The van der Waals surface area contributed by atoms with Crippen molar-refractivity contribution in [2.45, 2.75) is 12.8 Å². The Balaban J connectivity index is 2.47. The average Bonchev–Trinajstić information content (AvgIpc) is 2.29. The Morgan fingerprint density at radius 3 is 3.06 bits per heavy atom. The molecule has 0 radical (unpaired) electrons. The second-order valence-corrected chi connectivity index (χ2v) is 4.23. The Morgan fingerprint density at radius 1 is 1.56 bits per heavy atom. The molecule has 1 aromatic rings. The lowest BCUT2D eigenvalue weighted by molar-refractivity contribution is 0.408. The maximum atomic E-state index is 11.3. The minimum atomic E-state index is -0.260. The summed E-state index contributed by atoms with van der Waals surface area (Å²) in [6.07, 6.45) is 5.67. The predicted octanol–water partition coefficient (Wildman–Crippen LogP) is 1.33. The van der Waals surface area contributed by atoms with Crippen molar-refractivity contribution >= 4 is 17.6 Å². The van der Waals surface area contributed by atoms with Crippen molar-refractivity contribution in [1.82, 2.24) is 9.97 Å². The van der Waals surface area contributed by atoms with Crippen LogP contribution in [0.5, 0.6) is 5.75 Å². The van der Waals surface area contributed by atoms with Gasteiger partial charge in [0.25, 0.3) is 5.56 Å². The largest absolute Gasteiger partial charge is 0.489 e. The highest BCUT2D eigenvalue weighted by molar-refractivity contribution is 7.98. The number of nitrogens with zero attached hydrogens (tertiary/aromatic N) is 1. The number of H-pyrrole nitrogens is 1. The van der Waals surface area contributed by atoms with Crippen LogP contribution in [-0.2, 0) is 0 Å². The van der Waals surface area contributed by atoms with E-state index in [-0.39, 0.29) is 11.3 Å². The van der Waals surface area contributed by atoms with Gasteiger partial charge in [0.2, 0.25) is 5.75 Å². The van der Waals surface area contributed by atoms with Crippen LogP contribution in [0.25, 0.3) is 0 Å². The molecule has 0 fully saturated rings. The monoisotopic (exact) mass is 243 g/mol. The number of ether oxygens (including phenoxy) is 1. The van der Waals surface area contributed by atoms with Crippen molar-refractivity contribution in [2.24, 2.45) is 0 Å². The molecule has 0 saturated carbocycles. The molecule has 6 heteroatoms. The molecule has 0 aliphatic rings. The zero-order valence-corrected chi connectivity index (χ0v) is 10.4. The Bertz CT molecular complexity index is 367. The number of nitrogens with one attached hydrogen (secondary N) is 2. The van der Waals surface area contributed by atoms with E-state index in [4.69, 9.17) is 4.74 Å². The van der Waals surface area contributed by atoms with Gasteiger partial charge in [0.15, 0.2) is 5.82 Å². The van der Waals surface area contributed by atoms with Gasteiger partial charge in [-0.15, -0.1) is 0 Å². The van der Waals surface area contributed by atoms with Gasteiger partial charge < -0.3 is 15.0 Å². The van der Waals surface area contributed by atoms with Crippen molar-refractivity contribution < 1.29 is 4.74 Å². The van der Waals surface area contributed by atoms with Gasteiger partial charge in [0.05, 0.1) is 13.4 Å². The molecule has 0 unspecified atom stereocenters. The van der Waals surface area contributed by atoms with Crippen molar-refractivity contribution in [2.75, 3.05) is 31.0 Å². The summed E-state index contributed by atoms with van der Waals surface area (Å²) in [4.78, 5) is 17.8. The number of anilines is 1. The van der Waals surface area contributed by atoms with Gasteiger partial charge >= 0.3 is 0 Å². The number of aromatic nitrogens is 2. The topological polar surface area (TPSA) is 67.0 Å². The summed E-state index contributed by atoms with van der Waals surface area (Å²) in [5.74, 6) is 1.91. The maximum absolute atomic E-state index is 11.3. The summed E-state index contributed by atoms with van der Waals surface area (Å²) in [6, 6.07) is 0. The van der Waals surface area contributed by atoms with Crippen LogP contribution in [0, 0.1) is 0 Å². The number of hydrogen-bond donors (Lipinski definition) is 2. The first-order valence-electron chi connectivity index (χ1n) is 5.14. The zero-order chi connectivity index (χ0) is 11.8. The van der Waals surface area contributed by atoms with E-state index in [1.807, 2.05) is 11.8 Å². The summed E-state index contributed by atoms with van der Waals surface area (Å²) in [5, 5.41) is 3.10. The van der Waals surface area contributed by atoms with E-state index < -0.39 is 0 Å². The molecule has 16 heavy (non-hydrogen) atoms. The number of methoxy groups -OCH3 is 1. The Morgan fingerprint density at radius 2 is 2.38 bits per heavy atom. The third-order valence-corrected chi connectivity index (χ3v) is 2.78. The smallest absolute Gasteiger partial charge is 0.295 e. The van der Waals surface area contributed by atoms with Crippen molar-refractivity contribution in [3.63, 3.8) is 0 Å². The van der Waals surface area contributed by atoms with E-state index >= 15 is 0 Å². The lowest BCUT2D eigenvalue weighted by atomic mass is 10.3. The van der Waals surface area contributed by atoms with Crippen molar-refractivity contribution in [1.29, 1.82) is 0 Å². The fraction of sp³-hybridized carbons (Fsp3) is 0.600. The van der Waals surface area contributed by atoms with Crippen LogP contribution in [0.3, 0.4) is 0 Å². The average molecular weight is 243 g/mol. The summed E-state index contributed by atoms with van der Waals surface area (Å²) >= 11 is 1.83. The van der Waals surface area contributed by atoms with Crippen LogP contribution in [0.4, 0.5) is 5.82 Å². The SMILES string of the molecule is COc1c(NCCCCSC)nc[nH]c1=O. The first-order valence-corrected chi connectivity index (χ1v) is 6.53. The molecule has 1 heterocycles. The maximum Gasteiger partial charge on any atom is 0.295 e. The third kappa shape index (κ3) is 3.77. The molecule has 0 saturated heterocycles. The minimum Gasteiger partial charge on any atom is -0.489 e. The molecule has 0 aromatic carbocycles. The second-order valence-electron chi connectivity index (χ2n) is 3.24. The number of rotatable bonds is 7. The molecule has 0 amide bonds. The highest BCUT2D eigenvalue weighted by Gasteiger charge is 2.07. The molecule has 1 rings (SSSR count). The molecule has 0 aliphatic carbocycles. The summed E-state index contributed by atoms with van der Waals surface area (Å²) in [7, 11) is 1.46. The lowest BCUT2D eigenvalue weighted by Gasteiger charge is -2.08. The van der Waals surface area contributed by atoms with E-state index in [2.05, 4.69) is 21.5 Å². The van der Waals surface area contributed by atoms with Gasteiger partial charge in [-0.05, 0) is 24.9 Å². The van der Waals surface area contributed by atoms with Gasteiger partial charge in [-0.2, -0.15) is 11.8 Å². The third-order valence-electron chi connectivity index (χ3n) is 2.08. The predicted molar refractivity (Wildman–Crippen MR) is 67.5 cm³/mol. The minimum absolute atomic E-state index is 0.243. The molecular formula is C10H17N3O2S. The van der Waals surface area contributed by atoms with Crippen molar-refractivity contribution in [3.05, 3.63) is 16.7 Å². The van der Waals surface area contributed by atoms with Gasteiger partial charge in [0.1, 0.15) is 0 Å². The summed E-state index contributed by atoms with van der Waals surface area (Å²) in [6.45, 7) is 0.799. The number of thioether (sulfide) groups is 1. The van der Waals surface area contributed by atoms with Gasteiger partial charge in [-0.25, -0.2) is 4.98 Å². The molecular weight excluding hydrogens is 226 g/mol. The van der Waals surface area contributed by atoms with Crippen LogP contribution in [0.15, 0.2) is 11.1 Å². The standard InChI is InChI=1S/C10H17N3O2S/c1-15-8-9(12-7-13-10(8)14)11-5-3-4-6-16-2/h7H,3-6H2,1-2H3,(H2,11,12,13,14). The fourth-order valence-corrected chi connectivity index (χ4v) is 1.77. The van der Waals surface area contributed by atoms with Crippen LogP contribution in [-0.4, -0.2) is 35.6 Å². The van der Waals surface area contributed by atoms with Gasteiger partial charge in [-0.1, -0.05) is 0 Å². The summed E-state index contributed by atoms with van der Waals surface area (Å²) in [5.41, 5.74) is -0.260. The van der Waals surface area contributed by atoms with E-state index in [0.717, 1.165) is 25.1 Å². The summed E-state index contributed by atoms with van der Waals surface area (Å²) < 4.78 is 4.98. The van der Waals surface area contributed by atoms with Gasteiger partial charge in [0, 0.05) is 6.54 Å². The number of aromatic amines is 1. The zero-order valence-electron chi connectivity index (χ0n) is 9.58. The van der Waals surface area contributed by atoms with Crippen LogP contribution in [0.1, 0.15) is 12.8 Å². The highest BCUT2D eigenvalue weighted by Crippen LogP contribution is 2.14. The Hall–Kier alpha value is -1.17.